The highest BCUT2D eigenvalue weighted by Crippen LogP contribution is 2.09. The molecule has 1 fully saturated rings. The molecule has 0 saturated carbocycles. The van der Waals surface area contributed by atoms with Crippen LogP contribution in [0.25, 0.3) is 0 Å². The zero-order valence-electron chi connectivity index (χ0n) is 11.8. The van der Waals surface area contributed by atoms with Gasteiger partial charge in [0.15, 0.2) is 0 Å². The van der Waals surface area contributed by atoms with Gasteiger partial charge in [0.2, 0.25) is 11.8 Å². The lowest BCUT2D eigenvalue weighted by Crippen LogP contribution is -2.42. The Bertz CT molecular complexity index is 294. The quantitative estimate of drug-likeness (QED) is 0.638. The van der Waals surface area contributed by atoms with Gasteiger partial charge < -0.3 is 16.0 Å². The summed E-state index contributed by atoms with van der Waals surface area (Å²) in [5, 5.41) is 9.00. The van der Waals surface area contributed by atoms with Gasteiger partial charge in [0.25, 0.3) is 0 Å². The van der Waals surface area contributed by atoms with Crippen LogP contribution in [-0.4, -0.2) is 48.5 Å². The van der Waals surface area contributed by atoms with Crippen LogP contribution in [0.2, 0.25) is 0 Å². The maximum atomic E-state index is 11.7. The Morgan fingerprint density at radius 1 is 1.42 bits per heavy atom. The second kappa shape index (κ2) is 9.20. The Balaban J connectivity index is 2.07. The molecule has 3 N–H and O–H groups in total. The highest BCUT2D eigenvalue weighted by Gasteiger charge is 2.16. The van der Waals surface area contributed by atoms with Crippen molar-refractivity contribution < 1.29 is 9.59 Å². The highest BCUT2D eigenvalue weighted by atomic mass is 32.2. The first-order valence-electron chi connectivity index (χ1n) is 6.99. The van der Waals surface area contributed by atoms with E-state index in [0.717, 1.165) is 24.5 Å². The number of carbonyl (C=O) groups excluding carboxylic acids is 2. The molecule has 1 aliphatic heterocycles. The van der Waals surface area contributed by atoms with Crippen molar-refractivity contribution in [2.75, 3.05) is 24.6 Å². The van der Waals surface area contributed by atoms with E-state index in [0.29, 0.717) is 19.4 Å². The van der Waals surface area contributed by atoms with E-state index >= 15 is 0 Å². The molecular formula is C13H25N3O2S. The number of nitrogens with one attached hydrogen (secondary N) is 3. The minimum absolute atomic E-state index is 0.000923. The Labute approximate surface area is 119 Å². The molecule has 110 valence electrons. The summed E-state index contributed by atoms with van der Waals surface area (Å²) in [5.74, 6) is 2.13. The first kappa shape index (κ1) is 16.3. The van der Waals surface area contributed by atoms with Gasteiger partial charge in [-0.05, 0) is 13.3 Å². The standard InChI is InChI=1S/C13H25N3O2S/c1-3-10(2)16-12(17)4-5-15-13(18)8-11-9-19-7-6-14-11/h10-11,14H,3-9H2,1-2H3,(H,15,18)(H,16,17). The van der Waals surface area contributed by atoms with Crippen LogP contribution in [0.3, 0.4) is 0 Å². The second-order valence-corrected chi connectivity index (χ2v) is 6.06. The van der Waals surface area contributed by atoms with Gasteiger partial charge in [0.05, 0.1) is 0 Å². The number of rotatable bonds is 7. The third kappa shape index (κ3) is 7.42. The fraction of sp³-hybridized carbons (Fsp3) is 0.846. The summed E-state index contributed by atoms with van der Waals surface area (Å²) in [6.07, 6.45) is 1.77. The lowest BCUT2D eigenvalue weighted by molar-refractivity contribution is -0.122. The third-order valence-electron chi connectivity index (χ3n) is 3.12. The molecule has 2 unspecified atom stereocenters. The second-order valence-electron chi connectivity index (χ2n) is 4.91. The molecule has 0 aromatic heterocycles. The van der Waals surface area contributed by atoms with Crippen LogP contribution in [0, 0.1) is 0 Å². The predicted molar refractivity (Wildman–Crippen MR) is 79.3 cm³/mol. The summed E-state index contributed by atoms with van der Waals surface area (Å²) in [6.45, 7) is 5.39. The molecule has 1 rings (SSSR count). The van der Waals surface area contributed by atoms with Gasteiger partial charge in [0.1, 0.15) is 0 Å². The SMILES string of the molecule is CCC(C)NC(=O)CCNC(=O)CC1CSCCN1. The van der Waals surface area contributed by atoms with Crippen molar-refractivity contribution in [3.63, 3.8) is 0 Å². The van der Waals surface area contributed by atoms with Crippen molar-refractivity contribution in [3.05, 3.63) is 0 Å². The smallest absolute Gasteiger partial charge is 0.221 e. The molecule has 2 amide bonds. The summed E-state index contributed by atoms with van der Waals surface area (Å²) in [6, 6.07) is 0.472. The Morgan fingerprint density at radius 3 is 2.84 bits per heavy atom. The van der Waals surface area contributed by atoms with E-state index in [1.807, 2.05) is 25.6 Å². The Hall–Kier alpha value is -0.750. The van der Waals surface area contributed by atoms with Gasteiger partial charge >= 0.3 is 0 Å². The highest BCUT2D eigenvalue weighted by molar-refractivity contribution is 7.99. The van der Waals surface area contributed by atoms with Crippen molar-refractivity contribution in [2.24, 2.45) is 0 Å². The van der Waals surface area contributed by atoms with Crippen molar-refractivity contribution in [2.45, 2.75) is 45.2 Å². The molecule has 0 bridgehead atoms. The molecule has 0 aromatic rings. The van der Waals surface area contributed by atoms with Gasteiger partial charge in [0, 0.05) is 49.5 Å². The van der Waals surface area contributed by atoms with E-state index in [-0.39, 0.29) is 23.9 Å². The van der Waals surface area contributed by atoms with Gasteiger partial charge in [-0.2, -0.15) is 11.8 Å². The molecule has 0 spiro atoms. The normalized spacial score (nSPS) is 20.6. The first-order chi connectivity index (χ1) is 9.11. The van der Waals surface area contributed by atoms with Gasteiger partial charge in [-0.1, -0.05) is 6.92 Å². The van der Waals surface area contributed by atoms with Crippen LogP contribution in [-0.2, 0) is 9.59 Å². The molecule has 2 atom stereocenters. The van der Waals surface area contributed by atoms with Crippen LogP contribution in [0.1, 0.15) is 33.1 Å². The molecular weight excluding hydrogens is 262 g/mol. The van der Waals surface area contributed by atoms with E-state index in [1.165, 1.54) is 0 Å². The van der Waals surface area contributed by atoms with Crippen molar-refractivity contribution >= 4 is 23.6 Å². The van der Waals surface area contributed by atoms with E-state index < -0.39 is 0 Å². The molecule has 0 radical (unpaired) electrons. The van der Waals surface area contributed by atoms with E-state index in [4.69, 9.17) is 0 Å². The summed E-state index contributed by atoms with van der Waals surface area (Å²) in [7, 11) is 0. The molecule has 1 saturated heterocycles. The lowest BCUT2D eigenvalue weighted by Gasteiger charge is -2.22. The monoisotopic (exact) mass is 287 g/mol. The number of hydrogen-bond acceptors (Lipinski definition) is 4. The molecule has 0 aliphatic carbocycles. The van der Waals surface area contributed by atoms with Crippen molar-refractivity contribution in [3.8, 4) is 0 Å². The summed E-state index contributed by atoms with van der Waals surface area (Å²) < 4.78 is 0. The number of amides is 2. The third-order valence-corrected chi connectivity index (χ3v) is 4.26. The molecule has 5 nitrogen and oxygen atoms in total. The zero-order chi connectivity index (χ0) is 14.1. The molecule has 0 aromatic carbocycles. The molecule has 6 heteroatoms. The van der Waals surface area contributed by atoms with Crippen LogP contribution < -0.4 is 16.0 Å². The zero-order valence-corrected chi connectivity index (χ0v) is 12.6. The average Bonchev–Trinajstić information content (AvgIpc) is 2.39. The summed E-state index contributed by atoms with van der Waals surface area (Å²) in [5.41, 5.74) is 0. The largest absolute Gasteiger partial charge is 0.356 e. The number of carbonyl (C=O) groups is 2. The predicted octanol–water partition coefficient (Wildman–Crippen LogP) is 0.503. The van der Waals surface area contributed by atoms with E-state index in [1.54, 1.807) is 0 Å². The van der Waals surface area contributed by atoms with Gasteiger partial charge in [-0.25, -0.2) is 0 Å². The number of hydrogen-bond donors (Lipinski definition) is 3. The van der Waals surface area contributed by atoms with Crippen LogP contribution in [0.15, 0.2) is 0 Å². The maximum absolute atomic E-state index is 11.7. The molecule has 19 heavy (non-hydrogen) atoms. The topological polar surface area (TPSA) is 70.2 Å². The minimum atomic E-state index is 0.000923. The fourth-order valence-corrected chi connectivity index (χ4v) is 2.76. The minimum Gasteiger partial charge on any atom is -0.356 e. The van der Waals surface area contributed by atoms with E-state index in [9.17, 15) is 9.59 Å². The summed E-state index contributed by atoms with van der Waals surface area (Å²) >= 11 is 1.88. The molecule has 1 aliphatic rings. The maximum Gasteiger partial charge on any atom is 0.221 e. The van der Waals surface area contributed by atoms with E-state index in [2.05, 4.69) is 16.0 Å². The Kier molecular flexibility index (Phi) is 7.90. The van der Waals surface area contributed by atoms with Crippen LogP contribution in [0.5, 0.6) is 0 Å². The fourth-order valence-electron chi connectivity index (χ4n) is 1.81. The van der Waals surface area contributed by atoms with Gasteiger partial charge in [-0.3, -0.25) is 9.59 Å². The van der Waals surface area contributed by atoms with Crippen LogP contribution >= 0.6 is 11.8 Å². The Morgan fingerprint density at radius 2 is 2.21 bits per heavy atom. The van der Waals surface area contributed by atoms with Crippen molar-refractivity contribution in [1.29, 1.82) is 0 Å². The summed E-state index contributed by atoms with van der Waals surface area (Å²) in [4.78, 5) is 23.2. The molecule has 1 heterocycles. The lowest BCUT2D eigenvalue weighted by atomic mass is 10.2. The first-order valence-corrected chi connectivity index (χ1v) is 8.14. The average molecular weight is 287 g/mol. The number of thioether (sulfide) groups is 1. The van der Waals surface area contributed by atoms with Crippen molar-refractivity contribution in [1.82, 2.24) is 16.0 Å². The van der Waals surface area contributed by atoms with Crippen LogP contribution in [0.4, 0.5) is 0 Å². The van der Waals surface area contributed by atoms with Gasteiger partial charge in [-0.15, -0.1) is 0 Å².